The highest BCUT2D eigenvalue weighted by atomic mass is 32.2. The Morgan fingerprint density at radius 2 is 2.12 bits per heavy atom. The van der Waals surface area contributed by atoms with Gasteiger partial charge in [-0.3, -0.25) is 9.10 Å². The lowest BCUT2D eigenvalue weighted by molar-refractivity contribution is -0.127. The van der Waals surface area contributed by atoms with Crippen LogP contribution in [-0.2, 0) is 11.3 Å². The summed E-state index contributed by atoms with van der Waals surface area (Å²) < 4.78 is 4.97. The van der Waals surface area contributed by atoms with Gasteiger partial charge < -0.3 is 0 Å². The molecule has 1 amide bonds. The van der Waals surface area contributed by atoms with E-state index in [4.69, 9.17) is 0 Å². The monoisotopic (exact) mass is 236 g/mol. The molecule has 1 heterocycles. The van der Waals surface area contributed by atoms with Crippen LogP contribution in [0.4, 0.5) is 0 Å². The first-order valence-electron chi connectivity index (χ1n) is 5.59. The fourth-order valence-electron chi connectivity index (χ4n) is 1.73. The number of hydrogen-bond acceptors (Lipinski definition) is 3. The first-order chi connectivity index (χ1) is 7.81. The molecule has 1 fully saturated rings. The Labute approximate surface area is 100 Å². The van der Waals surface area contributed by atoms with Gasteiger partial charge in [-0.25, -0.2) is 4.72 Å². The minimum Gasteiger partial charge on any atom is -0.272 e. The summed E-state index contributed by atoms with van der Waals surface area (Å²) in [6, 6.07) is 10.1. The minimum atomic E-state index is -0.00119. The zero-order chi connectivity index (χ0) is 11.4. The third kappa shape index (κ3) is 2.57. The molecule has 1 aromatic carbocycles. The van der Waals surface area contributed by atoms with E-state index < -0.39 is 0 Å². The van der Waals surface area contributed by atoms with Crippen LogP contribution in [-0.4, -0.2) is 16.3 Å². The van der Waals surface area contributed by atoms with Gasteiger partial charge in [-0.15, -0.1) is 0 Å². The van der Waals surface area contributed by atoms with Crippen LogP contribution in [0.25, 0.3) is 0 Å². The Bertz CT molecular complexity index is 355. The molecule has 86 valence electrons. The summed E-state index contributed by atoms with van der Waals surface area (Å²) in [5.41, 5.74) is 1.17. The average Bonchev–Trinajstić information content (AvgIpc) is 2.64. The maximum atomic E-state index is 11.9. The predicted molar refractivity (Wildman–Crippen MR) is 66.4 cm³/mol. The highest BCUT2D eigenvalue weighted by Crippen LogP contribution is 2.23. The summed E-state index contributed by atoms with van der Waals surface area (Å²) in [5.74, 6) is 0.204. The Balaban J connectivity index is 1.95. The highest BCUT2D eigenvalue weighted by molar-refractivity contribution is 7.96. The van der Waals surface area contributed by atoms with Crippen LogP contribution in [0.15, 0.2) is 30.3 Å². The van der Waals surface area contributed by atoms with Gasteiger partial charge in [0.05, 0.1) is 12.6 Å². The van der Waals surface area contributed by atoms with Crippen molar-refractivity contribution >= 4 is 18.0 Å². The van der Waals surface area contributed by atoms with Crippen molar-refractivity contribution in [2.75, 3.05) is 0 Å². The zero-order valence-electron chi connectivity index (χ0n) is 9.35. The molecule has 3 nitrogen and oxygen atoms in total. The summed E-state index contributed by atoms with van der Waals surface area (Å²) in [6.07, 6.45) is 1.94. The van der Waals surface area contributed by atoms with Gasteiger partial charge in [0, 0.05) is 12.1 Å². The molecule has 0 saturated carbocycles. The number of nitrogens with zero attached hydrogens (tertiary/aromatic N) is 1. The third-order valence-electron chi connectivity index (χ3n) is 2.60. The van der Waals surface area contributed by atoms with E-state index in [9.17, 15) is 4.79 Å². The van der Waals surface area contributed by atoms with E-state index in [-0.39, 0.29) is 11.9 Å². The molecule has 1 aromatic rings. The number of amides is 1. The third-order valence-corrected chi connectivity index (χ3v) is 3.51. The van der Waals surface area contributed by atoms with E-state index in [2.05, 4.69) is 11.6 Å². The predicted octanol–water partition coefficient (Wildman–Crippen LogP) is 2.35. The second-order valence-corrected chi connectivity index (χ2v) is 4.77. The molecule has 0 aromatic heterocycles. The Hall–Kier alpha value is -1.00. The molecular formula is C12H16N2OS. The molecule has 0 bridgehead atoms. The summed E-state index contributed by atoms with van der Waals surface area (Å²) >= 11 is 1.43. The first-order valence-corrected chi connectivity index (χ1v) is 6.36. The van der Waals surface area contributed by atoms with E-state index in [0.717, 1.165) is 12.8 Å². The standard InChI is InChI=1S/C12H16N2OS/c1-2-6-11-12(15)14(16-13-11)9-10-7-4-3-5-8-10/h3-5,7-8,11,13H,2,6,9H2,1H3. The minimum absolute atomic E-state index is 0.00119. The molecule has 0 spiro atoms. The Morgan fingerprint density at radius 1 is 1.38 bits per heavy atom. The van der Waals surface area contributed by atoms with Crippen molar-refractivity contribution in [3.63, 3.8) is 0 Å². The fourth-order valence-corrected chi connectivity index (χ4v) is 2.63. The summed E-state index contributed by atoms with van der Waals surface area (Å²) in [4.78, 5) is 11.9. The topological polar surface area (TPSA) is 32.3 Å². The van der Waals surface area contributed by atoms with Gasteiger partial charge in [0.2, 0.25) is 0 Å². The molecule has 1 aliphatic rings. The van der Waals surface area contributed by atoms with Gasteiger partial charge in [0.15, 0.2) is 0 Å². The summed E-state index contributed by atoms with van der Waals surface area (Å²) in [6.45, 7) is 2.77. The summed E-state index contributed by atoms with van der Waals surface area (Å²) in [7, 11) is 0. The number of benzene rings is 1. The quantitative estimate of drug-likeness (QED) is 0.814. The molecule has 0 aliphatic carbocycles. The fraction of sp³-hybridized carbons (Fsp3) is 0.417. The molecule has 2 rings (SSSR count). The molecule has 1 unspecified atom stereocenters. The Kier molecular flexibility index (Phi) is 3.85. The number of carbonyl (C=O) groups is 1. The van der Waals surface area contributed by atoms with Crippen molar-refractivity contribution in [1.82, 2.24) is 9.03 Å². The molecule has 1 atom stereocenters. The van der Waals surface area contributed by atoms with Crippen molar-refractivity contribution in [3.8, 4) is 0 Å². The van der Waals surface area contributed by atoms with Gasteiger partial charge in [-0.2, -0.15) is 0 Å². The maximum absolute atomic E-state index is 11.9. The molecule has 1 aliphatic heterocycles. The lowest BCUT2D eigenvalue weighted by atomic mass is 10.1. The first kappa shape index (κ1) is 11.5. The van der Waals surface area contributed by atoms with Gasteiger partial charge in [0.25, 0.3) is 5.91 Å². The van der Waals surface area contributed by atoms with Crippen LogP contribution < -0.4 is 4.72 Å². The van der Waals surface area contributed by atoms with E-state index in [0.29, 0.717) is 6.54 Å². The number of carbonyl (C=O) groups excluding carboxylic acids is 1. The second kappa shape index (κ2) is 5.37. The molecule has 0 radical (unpaired) electrons. The largest absolute Gasteiger partial charge is 0.272 e. The molecular weight excluding hydrogens is 220 g/mol. The van der Waals surface area contributed by atoms with Crippen molar-refractivity contribution in [3.05, 3.63) is 35.9 Å². The SMILES string of the molecule is CCCC1NSN(Cc2ccccc2)C1=O. The molecule has 1 saturated heterocycles. The van der Waals surface area contributed by atoms with Gasteiger partial charge in [-0.1, -0.05) is 43.7 Å². The molecule has 1 N–H and O–H groups in total. The second-order valence-electron chi connectivity index (χ2n) is 3.91. The van der Waals surface area contributed by atoms with Crippen LogP contribution >= 0.6 is 12.1 Å². The van der Waals surface area contributed by atoms with Crippen LogP contribution in [0.5, 0.6) is 0 Å². The van der Waals surface area contributed by atoms with E-state index in [1.54, 1.807) is 4.31 Å². The van der Waals surface area contributed by atoms with Gasteiger partial charge in [0.1, 0.15) is 0 Å². The van der Waals surface area contributed by atoms with Crippen LogP contribution in [0, 0.1) is 0 Å². The van der Waals surface area contributed by atoms with E-state index in [1.807, 2.05) is 30.3 Å². The van der Waals surface area contributed by atoms with Crippen molar-refractivity contribution in [2.45, 2.75) is 32.4 Å². The van der Waals surface area contributed by atoms with E-state index >= 15 is 0 Å². The highest BCUT2D eigenvalue weighted by Gasteiger charge is 2.31. The maximum Gasteiger partial charge on any atom is 0.251 e. The van der Waals surface area contributed by atoms with Gasteiger partial charge >= 0.3 is 0 Å². The normalized spacial score (nSPS) is 20.4. The summed E-state index contributed by atoms with van der Waals surface area (Å²) in [5, 5.41) is 0. The van der Waals surface area contributed by atoms with Crippen LogP contribution in [0.2, 0.25) is 0 Å². The number of nitrogens with one attached hydrogen (secondary N) is 1. The number of rotatable bonds is 4. The molecule has 4 heteroatoms. The average molecular weight is 236 g/mol. The lowest BCUT2D eigenvalue weighted by Gasteiger charge is -2.13. The van der Waals surface area contributed by atoms with Crippen LogP contribution in [0.1, 0.15) is 25.3 Å². The molecule has 16 heavy (non-hydrogen) atoms. The lowest BCUT2D eigenvalue weighted by Crippen LogP contribution is -2.29. The van der Waals surface area contributed by atoms with Crippen molar-refractivity contribution < 1.29 is 4.79 Å². The van der Waals surface area contributed by atoms with Crippen molar-refractivity contribution in [2.24, 2.45) is 0 Å². The zero-order valence-corrected chi connectivity index (χ0v) is 10.2. The van der Waals surface area contributed by atoms with Gasteiger partial charge in [-0.05, 0) is 12.0 Å². The van der Waals surface area contributed by atoms with Crippen LogP contribution in [0.3, 0.4) is 0 Å². The smallest absolute Gasteiger partial charge is 0.251 e. The van der Waals surface area contributed by atoms with Crippen molar-refractivity contribution in [1.29, 1.82) is 0 Å². The Morgan fingerprint density at radius 3 is 2.81 bits per heavy atom. The van der Waals surface area contributed by atoms with E-state index in [1.165, 1.54) is 17.7 Å². The number of hydrogen-bond donors (Lipinski definition) is 1.